The van der Waals surface area contributed by atoms with Crippen LogP contribution in [0.25, 0.3) is 0 Å². The van der Waals surface area contributed by atoms with Gasteiger partial charge in [0.05, 0.1) is 22.6 Å². The van der Waals surface area contributed by atoms with Gasteiger partial charge in [-0.1, -0.05) is 0 Å². The molecule has 1 aromatic heterocycles. The third-order valence-electron chi connectivity index (χ3n) is 3.46. The molecular formula is C13H15N3O2S2. The summed E-state index contributed by atoms with van der Waals surface area (Å²) in [4.78, 5) is 6.86. The largest absolute Gasteiger partial charge is 0.365 e. The number of hydrogen-bond donors (Lipinski definition) is 1. The van der Waals surface area contributed by atoms with Gasteiger partial charge in [0.2, 0.25) is 10.0 Å². The fraction of sp³-hybridized carbons (Fsp3) is 0.308. The topological polar surface area (TPSA) is 62.3 Å². The molecule has 1 aromatic carbocycles. The van der Waals surface area contributed by atoms with Crippen LogP contribution in [-0.2, 0) is 23.0 Å². The van der Waals surface area contributed by atoms with Crippen LogP contribution in [-0.4, -0.2) is 27.0 Å². The predicted molar refractivity (Wildman–Crippen MR) is 79.6 cm³/mol. The van der Waals surface area contributed by atoms with Gasteiger partial charge in [-0.2, -0.15) is 0 Å². The Bertz CT molecular complexity index is 711. The summed E-state index contributed by atoms with van der Waals surface area (Å²) >= 11 is 1.59. The molecule has 0 amide bonds. The van der Waals surface area contributed by atoms with Crippen molar-refractivity contribution in [1.82, 2.24) is 9.71 Å². The molecule has 0 unspecified atom stereocenters. The van der Waals surface area contributed by atoms with Crippen LogP contribution in [0.15, 0.2) is 34.0 Å². The van der Waals surface area contributed by atoms with Crippen LogP contribution in [0.4, 0.5) is 5.69 Å². The lowest BCUT2D eigenvalue weighted by Crippen LogP contribution is -2.20. The fourth-order valence-corrected chi connectivity index (χ4v) is 3.74. The van der Waals surface area contributed by atoms with E-state index in [-0.39, 0.29) is 0 Å². The zero-order valence-corrected chi connectivity index (χ0v) is 12.7. The molecule has 1 aliphatic rings. The maximum atomic E-state index is 11.8. The molecule has 106 valence electrons. The summed E-state index contributed by atoms with van der Waals surface area (Å²) in [5.74, 6) is 0. The van der Waals surface area contributed by atoms with Crippen molar-refractivity contribution < 1.29 is 8.42 Å². The minimum absolute atomic E-state index is 0.328. The molecular weight excluding hydrogens is 294 g/mol. The molecule has 20 heavy (non-hydrogen) atoms. The Labute approximate surface area is 122 Å². The standard InChI is InChI=1S/C13H15N3O2S2/c1-14-20(17,18)12-2-3-13-10(6-12)4-5-16(13)7-11-8-19-9-15-11/h2-3,6,8-9,14H,4-5,7H2,1H3. The van der Waals surface area contributed by atoms with Gasteiger partial charge in [0, 0.05) is 17.6 Å². The number of fused-ring (bicyclic) bond motifs is 1. The molecule has 7 heteroatoms. The zero-order chi connectivity index (χ0) is 14.2. The molecule has 1 aliphatic heterocycles. The first-order valence-electron chi connectivity index (χ1n) is 6.28. The van der Waals surface area contributed by atoms with Gasteiger partial charge in [0.1, 0.15) is 0 Å². The SMILES string of the molecule is CNS(=O)(=O)c1ccc2c(c1)CCN2Cc1cscn1. The second-order valence-corrected chi connectivity index (χ2v) is 7.25. The minimum atomic E-state index is -3.37. The average Bonchev–Trinajstić information content (AvgIpc) is 3.09. The Kier molecular flexibility index (Phi) is 3.49. The van der Waals surface area contributed by atoms with Gasteiger partial charge in [-0.05, 0) is 37.2 Å². The number of anilines is 1. The van der Waals surface area contributed by atoms with E-state index in [2.05, 4.69) is 14.6 Å². The second-order valence-electron chi connectivity index (χ2n) is 4.65. The fourth-order valence-electron chi connectivity index (χ4n) is 2.41. The van der Waals surface area contributed by atoms with Crippen molar-refractivity contribution in [2.75, 3.05) is 18.5 Å². The highest BCUT2D eigenvalue weighted by molar-refractivity contribution is 7.89. The van der Waals surface area contributed by atoms with Crippen LogP contribution in [0.2, 0.25) is 0 Å². The van der Waals surface area contributed by atoms with Crippen LogP contribution in [0.1, 0.15) is 11.3 Å². The monoisotopic (exact) mass is 309 g/mol. The molecule has 0 bridgehead atoms. The van der Waals surface area contributed by atoms with Crippen molar-refractivity contribution in [2.45, 2.75) is 17.9 Å². The highest BCUT2D eigenvalue weighted by Gasteiger charge is 2.22. The number of hydrogen-bond acceptors (Lipinski definition) is 5. The molecule has 0 radical (unpaired) electrons. The molecule has 0 fully saturated rings. The normalized spacial score (nSPS) is 14.6. The van der Waals surface area contributed by atoms with Crippen LogP contribution in [0.3, 0.4) is 0 Å². The van der Waals surface area contributed by atoms with Crippen LogP contribution < -0.4 is 9.62 Å². The Morgan fingerprint density at radius 2 is 2.30 bits per heavy atom. The van der Waals surface area contributed by atoms with E-state index in [0.717, 1.165) is 36.5 Å². The second kappa shape index (κ2) is 5.16. The number of aromatic nitrogens is 1. The van der Waals surface area contributed by atoms with E-state index < -0.39 is 10.0 Å². The average molecular weight is 309 g/mol. The van der Waals surface area contributed by atoms with Gasteiger partial charge >= 0.3 is 0 Å². The van der Waals surface area contributed by atoms with Crippen LogP contribution in [0.5, 0.6) is 0 Å². The molecule has 5 nitrogen and oxygen atoms in total. The lowest BCUT2D eigenvalue weighted by Gasteiger charge is -2.18. The molecule has 0 saturated heterocycles. The highest BCUT2D eigenvalue weighted by atomic mass is 32.2. The van der Waals surface area contributed by atoms with Gasteiger partial charge in [0.15, 0.2) is 0 Å². The summed E-state index contributed by atoms with van der Waals surface area (Å²) in [5.41, 5.74) is 5.06. The third kappa shape index (κ3) is 2.44. The van der Waals surface area contributed by atoms with Crippen molar-refractivity contribution in [3.05, 3.63) is 40.3 Å². The van der Waals surface area contributed by atoms with Crippen molar-refractivity contribution in [2.24, 2.45) is 0 Å². The van der Waals surface area contributed by atoms with E-state index in [1.165, 1.54) is 7.05 Å². The van der Waals surface area contributed by atoms with Gasteiger partial charge < -0.3 is 4.90 Å². The first-order chi connectivity index (χ1) is 9.60. The van der Waals surface area contributed by atoms with Gasteiger partial charge in [-0.15, -0.1) is 11.3 Å². The Balaban J connectivity index is 1.88. The zero-order valence-electron chi connectivity index (χ0n) is 11.0. The maximum Gasteiger partial charge on any atom is 0.240 e. The van der Waals surface area contributed by atoms with Crippen molar-refractivity contribution in [3.8, 4) is 0 Å². The van der Waals surface area contributed by atoms with Crippen molar-refractivity contribution >= 4 is 27.0 Å². The van der Waals surface area contributed by atoms with Crippen molar-refractivity contribution in [3.63, 3.8) is 0 Å². The molecule has 3 rings (SSSR count). The number of benzene rings is 1. The van der Waals surface area contributed by atoms with Crippen LogP contribution >= 0.6 is 11.3 Å². The Morgan fingerprint density at radius 3 is 3.00 bits per heavy atom. The van der Waals surface area contributed by atoms with Gasteiger partial charge in [-0.25, -0.2) is 18.1 Å². The van der Waals surface area contributed by atoms with Gasteiger partial charge in [0.25, 0.3) is 0 Å². The lowest BCUT2D eigenvalue weighted by molar-refractivity contribution is 0.588. The van der Waals surface area contributed by atoms with E-state index >= 15 is 0 Å². The number of sulfonamides is 1. The minimum Gasteiger partial charge on any atom is -0.365 e. The highest BCUT2D eigenvalue weighted by Crippen LogP contribution is 2.31. The number of nitrogens with zero attached hydrogens (tertiary/aromatic N) is 2. The van der Waals surface area contributed by atoms with E-state index in [1.54, 1.807) is 23.5 Å². The Morgan fingerprint density at radius 1 is 1.45 bits per heavy atom. The predicted octanol–water partition coefficient (Wildman–Crippen LogP) is 1.61. The van der Waals surface area contributed by atoms with Crippen LogP contribution in [0, 0.1) is 0 Å². The summed E-state index contributed by atoms with van der Waals surface area (Å²) in [5, 5.41) is 2.04. The first kappa shape index (κ1) is 13.5. The number of rotatable bonds is 4. The molecule has 0 spiro atoms. The molecule has 2 heterocycles. The summed E-state index contributed by atoms with van der Waals surface area (Å²) in [6.45, 7) is 1.67. The molecule has 2 aromatic rings. The third-order valence-corrected chi connectivity index (χ3v) is 5.51. The molecule has 0 aliphatic carbocycles. The maximum absolute atomic E-state index is 11.8. The smallest absolute Gasteiger partial charge is 0.240 e. The van der Waals surface area contributed by atoms with Crippen molar-refractivity contribution in [1.29, 1.82) is 0 Å². The van der Waals surface area contributed by atoms with E-state index in [0.29, 0.717) is 4.90 Å². The molecule has 1 N–H and O–H groups in total. The summed E-state index contributed by atoms with van der Waals surface area (Å²) in [7, 11) is -1.94. The van der Waals surface area contributed by atoms with E-state index in [1.807, 2.05) is 17.0 Å². The first-order valence-corrected chi connectivity index (χ1v) is 8.71. The number of thiazole rings is 1. The molecule has 0 saturated carbocycles. The van der Waals surface area contributed by atoms with Gasteiger partial charge in [-0.3, -0.25) is 0 Å². The number of nitrogens with one attached hydrogen (secondary N) is 1. The Hall–Kier alpha value is -1.44. The summed E-state index contributed by atoms with van der Waals surface area (Å²) < 4.78 is 26.0. The van der Waals surface area contributed by atoms with E-state index in [9.17, 15) is 8.42 Å². The summed E-state index contributed by atoms with van der Waals surface area (Å²) in [6.07, 6.45) is 0.868. The molecule has 0 atom stereocenters. The lowest BCUT2D eigenvalue weighted by atomic mass is 10.2. The summed E-state index contributed by atoms with van der Waals surface area (Å²) in [6, 6.07) is 5.31. The van der Waals surface area contributed by atoms with E-state index in [4.69, 9.17) is 0 Å². The quantitative estimate of drug-likeness (QED) is 0.932.